The summed E-state index contributed by atoms with van der Waals surface area (Å²) in [6, 6.07) is 4.10. The summed E-state index contributed by atoms with van der Waals surface area (Å²) in [4.78, 5) is 7.86. The molecular weight excluding hydrogens is 222 g/mol. The van der Waals surface area contributed by atoms with Crippen molar-refractivity contribution in [1.29, 1.82) is 0 Å². The van der Waals surface area contributed by atoms with E-state index in [4.69, 9.17) is 5.73 Å². The SMILES string of the molecule is Cc1cc(C)c(-c2ncc(C(C)(C)C)[nH]2)cc1N. The van der Waals surface area contributed by atoms with Crippen molar-refractivity contribution in [1.82, 2.24) is 9.97 Å². The smallest absolute Gasteiger partial charge is 0.137 e. The first-order valence-corrected chi connectivity index (χ1v) is 6.21. The molecule has 0 aliphatic heterocycles. The number of nitrogens with two attached hydrogens (primary N) is 1. The highest BCUT2D eigenvalue weighted by Crippen LogP contribution is 2.28. The molecule has 3 N–H and O–H groups in total. The molecule has 2 aromatic rings. The Kier molecular flexibility index (Phi) is 2.93. The largest absolute Gasteiger partial charge is 0.398 e. The summed E-state index contributed by atoms with van der Waals surface area (Å²) in [5, 5.41) is 0. The molecule has 0 atom stereocenters. The minimum Gasteiger partial charge on any atom is -0.398 e. The molecule has 18 heavy (non-hydrogen) atoms. The zero-order valence-electron chi connectivity index (χ0n) is 11.8. The van der Waals surface area contributed by atoms with E-state index >= 15 is 0 Å². The zero-order chi connectivity index (χ0) is 13.5. The van der Waals surface area contributed by atoms with Crippen LogP contribution in [0.1, 0.15) is 37.6 Å². The van der Waals surface area contributed by atoms with Crippen molar-refractivity contribution in [3.63, 3.8) is 0 Å². The maximum atomic E-state index is 5.98. The topological polar surface area (TPSA) is 54.7 Å². The fourth-order valence-electron chi connectivity index (χ4n) is 1.96. The first-order valence-electron chi connectivity index (χ1n) is 6.21. The van der Waals surface area contributed by atoms with Crippen LogP contribution in [0.4, 0.5) is 5.69 Å². The normalized spacial score (nSPS) is 11.8. The Morgan fingerprint density at radius 3 is 2.33 bits per heavy atom. The molecule has 0 saturated heterocycles. The highest BCUT2D eigenvalue weighted by atomic mass is 14.9. The number of hydrogen-bond acceptors (Lipinski definition) is 2. The molecule has 0 amide bonds. The van der Waals surface area contributed by atoms with E-state index in [9.17, 15) is 0 Å². The standard InChI is InChI=1S/C15H21N3/c1-9-6-10(2)12(16)7-11(9)14-17-8-13(18-14)15(3,4)5/h6-8H,16H2,1-5H3,(H,17,18). The van der Waals surface area contributed by atoms with E-state index in [2.05, 4.69) is 43.7 Å². The Morgan fingerprint density at radius 2 is 1.78 bits per heavy atom. The van der Waals surface area contributed by atoms with E-state index in [1.54, 1.807) is 0 Å². The number of nitrogens with zero attached hydrogens (tertiary/aromatic N) is 1. The highest BCUT2D eigenvalue weighted by molar-refractivity contribution is 5.67. The second kappa shape index (κ2) is 4.16. The molecule has 96 valence electrons. The quantitative estimate of drug-likeness (QED) is 0.752. The molecule has 3 nitrogen and oxygen atoms in total. The number of imidazole rings is 1. The number of benzene rings is 1. The van der Waals surface area contributed by atoms with E-state index in [-0.39, 0.29) is 5.41 Å². The van der Waals surface area contributed by atoms with Crippen LogP contribution in [-0.4, -0.2) is 9.97 Å². The van der Waals surface area contributed by atoms with Gasteiger partial charge in [-0.2, -0.15) is 0 Å². The predicted octanol–water partition coefficient (Wildman–Crippen LogP) is 3.57. The molecule has 1 aromatic carbocycles. The van der Waals surface area contributed by atoms with Gasteiger partial charge >= 0.3 is 0 Å². The van der Waals surface area contributed by atoms with Gasteiger partial charge in [0.25, 0.3) is 0 Å². The molecule has 1 heterocycles. The molecule has 0 saturated carbocycles. The van der Waals surface area contributed by atoms with E-state index in [0.717, 1.165) is 28.3 Å². The van der Waals surface area contributed by atoms with Gasteiger partial charge in [0.05, 0.1) is 0 Å². The van der Waals surface area contributed by atoms with Crippen molar-refractivity contribution in [2.45, 2.75) is 40.0 Å². The number of aromatic nitrogens is 2. The maximum absolute atomic E-state index is 5.98. The van der Waals surface area contributed by atoms with E-state index < -0.39 is 0 Å². The second-order valence-electron chi connectivity index (χ2n) is 5.92. The molecule has 0 aliphatic rings. The number of anilines is 1. The van der Waals surface area contributed by atoms with Gasteiger partial charge in [-0.05, 0) is 31.0 Å². The first kappa shape index (κ1) is 12.7. The summed E-state index contributed by atoms with van der Waals surface area (Å²) in [6.07, 6.45) is 1.91. The van der Waals surface area contributed by atoms with Crippen LogP contribution in [0.15, 0.2) is 18.3 Å². The molecule has 0 radical (unpaired) electrons. The molecular formula is C15H21N3. The van der Waals surface area contributed by atoms with Crippen LogP contribution in [0.5, 0.6) is 0 Å². The summed E-state index contributed by atoms with van der Waals surface area (Å²) >= 11 is 0. The van der Waals surface area contributed by atoms with Crippen LogP contribution in [-0.2, 0) is 5.41 Å². The molecule has 1 aromatic heterocycles. The Bertz CT molecular complexity index is 574. The monoisotopic (exact) mass is 243 g/mol. The molecule has 3 heteroatoms. The lowest BCUT2D eigenvalue weighted by Crippen LogP contribution is -2.11. The molecule has 0 bridgehead atoms. The fourth-order valence-corrected chi connectivity index (χ4v) is 1.96. The van der Waals surface area contributed by atoms with Crippen molar-refractivity contribution < 1.29 is 0 Å². The lowest BCUT2D eigenvalue weighted by Gasteiger charge is -2.15. The predicted molar refractivity (Wildman–Crippen MR) is 76.6 cm³/mol. The lowest BCUT2D eigenvalue weighted by atomic mass is 9.93. The number of aromatic amines is 1. The van der Waals surface area contributed by atoms with E-state index in [1.807, 2.05) is 19.2 Å². The Morgan fingerprint density at radius 1 is 1.11 bits per heavy atom. The van der Waals surface area contributed by atoms with Crippen molar-refractivity contribution in [3.8, 4) is 11.4 Å². The van der Waals surface area contributed by atoms with Gasteiger partial charge in [-0.1, -0.05) is 26.8 Å². The van der Waals surface area contributed by atoms with Crippen LogP contribution in [0, 0.1) is 13.8 Å². The van der Waals surface area contributed by atoms with Crippen LogP contribution in [0.25, 0.3) is 11.4 Å². The maximum Gasteiger partial charge on any atom is 0.137 e. The Labute approximate surface area is 108 Å². The van der Waals surface area contributed by atoms with Gasteiger partial charge in [-0.25, -0.2) is 4.98 Å². The van der Waals surface area contributed by atoms with Crippen molar-refractivity contribution in [2.24, 2.45) is 0 Å². The van der Waals surface area contributed by atoms with Gasteiger partial charge in [0, 0.05) is 28.6 Å². The van der Waals surface area contributed by atoms with Gasteiger partial charge in [-0.3, -0.25) is 0 Å². The average Bonchev–Trinajstić information content (AvgIpc) is 2.72. The molecule has 0 unspecified atom stereocenters. The fraction of sp³-hybridized carbons (Fsp3) is 0.400. The minimum absolute atomic E-state index is 0.0788. The Balaban J connectivity index is 2.50. The third-order valence-corrected chi connectivity index (χ3v) is 3.25. The third kappa shape index (κ3) is 2.26. The number of H-pyrrole nitrogens is 1. The van der Waals surface area contributed by atoms with Gasteiger partial charge in [0.1, 0.15) is 5.82 Å². The second-order valence-corrected chi connectivity index (χ2v) is 5.92. The number of aryl methyl sites for hydroxylation is 2. The molecule has 2 rings (SSSR count). The zero-order valence-corrected chi connectivity index (χ0v) is 11.8. The highest BCUT2D eigenvalue weighted by Gasteiger charge is 2.17. The summed E-state index contributed by atoms with van der Waals surface area (Å²) in [5.41, 5.74) is 11.4. The summed E-state index contributed by atoms with van der Waals surface area (Å²) < 4.78 is 0. The van der Waals surface area contributed by atoms with E-state index in [0.29, 0.717) is 0 Å². The minimum atomic E-state index is 0.0788. The first-order chi connectivity index (χ1) is 8.29. The van der Waals surface area contributed by atoms with Gasteiger partial charge < -0.3 is 10.7 Å². The number of nitrogens with one attached hydrogen (secondary N) is 1. The summed E-state index contributed by atoms with van der Waals surface area (Å²) in [7, 11) is 0. The summed E-state index contributed by atoms with van der Waals surface area (Å²) in [5.74, 6) is 0.893. The van der Waals surface area contributed by atoms with Crippen molar-refractivity contribution >= 4 is 5.69 Å². The number of hydrogen-bond donors (Lipinski definition) is 2. The van der Waals surface area contributed by atoms with Crippen LogP contribution < -0.4 is 5.73 Å². The summed E-state index contributed by atoms with van der Waals surface area (Å²) in [6.45, 7) is 10.6. The van der Waals surface area contributed by atoms with E-state index in [1.165, 1.54) is 5.56 Å². The van der Waals surface area contributed by atoms with Gasteiger partial charge in [-0.15, -0.1) is 0 Å². The van der Waals surface area contributed by atoms with Crippen LogP contribution in [0.3, 0.4) is 0 Å². The lowest BCUT2D eigenvalue weighted by molar-refractivity contribution is 0.573. The number of rotatable bonds is 1. The van der Waals surface area contributed by atoms with Crippen LogP contribution in [0.2, 0.25) is 0 Å². The van der Waals surface area contributed by atoms with Gasteiger partial charge in [0.15, 0.2) is 0 Å². The van der Waals surface area contributed by atoms with Gasteiger partial charge in [0.2, 0.25) is 0 Å². The Hall–Kier alpha value is -1.77. The van der Waals surface area contributed by atoms with Crippen LogP contribution >= 0.6 is 0 Å². The molecule has 0 fully saturated rings. The molecule has 0 spiro atoms. The third-order valence-electron chi connectivity index (χ3n) is 3.25. The molecule has 0 aliphatic carbocycles. The number of nitrogen functional groups attached to an aromatic ring is 1. The average molecular weight is 243 g/mol. The van der Waals surface area contributed by atoms with Crippen molar-refractivity contribution in [2.75, 3.05) is 5.73 Å². The van der Waals surface area contributed by atoms with Crippen molar-refractivity contribution in [3.05, 3.63) is 35.2 Å².